The van der Waals surface area contributed by atoms with Gasteiger partial charge in [0.1, 0.15) is 11.2 Å². The SMILES string of the molecule is Cc1nn(-c2ccccc2)c2nc3c(F)c(F)c(N4CC[NH+](C)CC4)c(F)c3cc12. The number of aryl methyl sites for hydroxylation is 1. The number of hydrogen-bond acceptors (Lipinski definition) is 3. The predicted molar refractivity (Wildman–Crippen MR) is 110 cm³/mol. The number of fused-ring (bicyclic) bond motifs is 2. The van der Waals surface area contributed by atoms with E-state index in [0.29, 0.717) is 29.8 Å². The van der Waals surface area contributed by atoms with Crippen molar-refractivity contribution in [1.29, 1.82) is 0 Å². The number of pyridine rings is 1. The summed E-state index contributed by atoms with van der Waals surface area (Å²) in [6.07, 6.45) is 0. The summed E-state index contributed by atoms with van der Waals surface area (Å²) in [4.78, 5) is 7.18. The Labute approximate surface area is 171 Å². The van der Waals surface area contributed by atoms with Gasteiger partial charge in [-0.1, -0.05) is 18.2 Å². The summed E-state index contributed by atoms with van der Waals surface area (Å²) >= 11 is 0. The lowest BCUT2D eigenvalue weighted by Crippen LogP contribution is -3.12. The van der Waals surface area contributed by atoms with Crippen LogP contribution in [-0.2, 0) is 0 Å². The highest BCUT2D eigenvalue weighted by Gasteiger charge is 2.29. The van der Waals surface area contributed by atoms with E-state index in [0.717, 1.165) is 18.8 Å². The van der Waals surface area contributed by atoms with Crippen molar-refractivity contribution in [1.82, 2.24) is 14.8 Å². The smallest absolute Gasteiger partial charge is 0.187 e. The average molecular weight is 412 g/mol. The average Bonchev–Trinajstić information content (AvgIpc) is 3.09. The number of aromatic nitrogens is 3. The summed E-state index contributed by atoms with van der Waals surface area (Å²) in [6, 6.07) is 10.8. The van der Waals surface area contributed by atoms with Gasteiger partial charge in [-0.2, -0.15) is 5.10 Å². The normalized spacial score (nSPS) is 15.4. The number of quaternary nitrogens is 1. The Morgan fingerprint density at radius 2 is 1.63 bits per heavy atom. The van der Waals surface area contributed by atoms with Crippen LogP contribution in [0.25, 0.3) is 27.6 Å². The Morgan fingerprint density at radius 1 is 0.933 bits per heavy atom. The van der Waals surface area contributed by atoms with E-state index in [1.807, 2.05) is 37.4 Å². The molecule has 1 fully saturated rings. The second kappa shape index (κ2) is 6.98. The minimum Gasteiger partial charge on any atom is -0.355 e. The van der Waals surface area contributed by atoms with Crippen molar-refractivity contribution in [2.24, 2.45) is 0 Å². The van der Waals surface area contributed by atoms with Gasteiger partial charge in [0.2, 0.25) is 0 Å². The molecule has 154 valence electrons. The minimum atomic E-state index is -1.19. The molecule has 0 spiro atoms. The van der Waals surface area contributed by atoms with Crippen molar-refractivity contribution in [3.05, 3.63) is 59.5 Å². The first-order valence-corrected chi connectivity index (χ1v) is 9.94. The van der Waals surface area contributed by atoms with Crippen LogP contribution in [-0.4, -0.2) is 48.0 Å². The van der Waals surface area contributed by atoms with Crippen molar-refractivity contribution >= 4 is 27.6 Å². The van der Waals surface area contributed by atoms with Crippen molar-refractivity contribution in [3.63, 3.8) is 0 Å². The lowest BCUT2D eigenvalue weighted by Gasteiger charge is -2.32. The van der Waals surface area contributed by atoms with E-state index in [1.165, 1.54) is 11.0 Å². The van der Waals surface area contributed by atoms with Crippen LogP contribution in [0.15, 0.2) is 36.4 Å². The number of anilines is 1. The highest BCUT2D eigenvalue weighted by molar-refractivity contribution is 5.95. The molecule has 5 rings (SSSR count). The van der Waals surface area contributed by atoms with Crippen LogP contribution in [0.4, 0.5) is 18.9 Å². The molecule has 3 heterocycles. The van der Waals surface area contributed by atoms with Crippen molar-refractivity contribution in [2.75, 3.05) is 38.1 Å². The van der Waals surface area contributed by atoms with Crippen molar-refractivity contribution in [3.8, 4) is 5.69 Å². The summed E-state index contributed by atoms with van der Waals surface area (Å²) in [5, 5.41) is 5.06. The summed E-state index contributed by atoms with van der Waals surface area (Å²) in [6.45, 7) is 4.19. The van der Waals surface area contributed by atoms with Gasteiger partial charge in [0, 0.05) is 10.8 Å². The molecular weight excluding hydrogens is 391 g/mol. The van der Waals surface area contributed by atoms with Crippen LogP contribution in [0.2, 0.25) is 0 Å². The van der Waals surface area contributed by atoms with Gasteiger partial charge >= 0.3 is 0 Å². The summed E-state index contributed by atoms with van der Waals surface area (Å²) in [7, 11) is 2.03. The van der Waals surface area contributed by atoms with Crippen LogP contribution >= 0.6 is 0 Å². The fraction of sp³-hybridized carbons (Fsp3) is 0.273. The molecule has 0 bridgehead atoms. The zero-order valence-electron chi connectivity index (χ0n) is 16.7. The van der Waals surface area contributed by atoms with Crippen LogP contribution in [0.5, 0.6) is 0 Å². The molecule has 0 radical (unpaired) electrons. The van der Waals surface area contributed by atoms with E-state index in [-0.39, 0.29) is 16.6 Å². The number of likely N-dealkylation sites (N-methyl/N-ethyl adjacent to an activating group) is 1. The van der Waals surface area contributed by atoms with E-state index >= 15 is 8.78 Å². The minimum absolute atomic E-state index is 0.0293. The number of benzene rings is 2. The van der Waals surface area contributed by atoms with E-state index < -0.39 is 17.5 Å². The number of piperazine rings is 1. The van der Waals surface area contributed by atoms with E-state index in [4.69, 9.17) is 0 Å². The second-order valence-electron chi connectivity index (χ2n) is 7.82. The molecular formula is C22H21F3N5+. The van der Waals surface area contributed by atoms with Gasteiger partial charge in [0.25, 0.3) is 0 Å². The molecule has 0 amide bonds. The summed E-state index contributed by atoms with van der Waals surface area (Å²) in [5.74, 6) is -3.09. The third kappa shape index (κ3) is 2.82. The molecule has 30 heavy (non-hydrogen) atoms. The van der Waals surface area contributed by atoms with Crippen LogP contribution < -0.4 is 9.80 Å². The predicted octanol–water partition coefficient (Wildman–Crippen LogP) is 2.63. The first-order chi connectivity index (χ1) is 14.5. The Kier molecular flexibility index (Phi) is 4.39. The monoisotopic (exact) mass is 412 g/mol. The van der Waals surface area contributed by atoms with Gasteiger partial charge in [-0.3, -0.25) is 0 Å². The Balaban J connectivity index is 1.75. The summed E-state index contributed by atoms with van der Waals surface area (Å²) in [5.41, 5.74) is 1.11. The summed E-state index contributed by atoms with van der Waals surface area (Å²) < 4.78 is 47.1. The molecule has 0 saturated carbocycles. The van der Waals surface area contributed by atoms with E-state index in [1.54, 1.807) is 16.5 Å². The fourth-order valence-electron chi connectivity index (χ4n) is 4.09. The molecule has 5 nitrogen and oxygen atoms in total. The van der Waals surface area contributed by atoms with Gasteiger partial charge in [0.05, 0.1) is 44.6 Å². The molecule has 1 saturated heterocycles. The quantitative estimate of drug-likeness (QED) is 0.515. The van der Waals surface area contributed by atoms with Crippen LogP contribution in [0, 0.1) is 24.4 Å². The second-order valence-corrected chi connectivity index (χ2v) is 7.82. The molecule has 1 aliphatic heterocycles. The molecule has 1 aliphatic rings. The van der Waals surface area contributed by atoms with Gasteiger partial charge in [-0.05, 0) is 25.1 Å². The highest BCUT2D eigenvalue weighted by Crippen LogP contribution is 2.35. The Hall–Kier alpha value is -3.13. The molecule has 0 aliphatic carbocycles. The number of para-hydroxylation sites is 1. The maximum atomic E-state index is 15.5. The number of nitrogens with zero attached hydrogens (tertiary/aromatic N) is 4. The standard InChI is InChI=1S/C22H20F3N5/c1-13-15-12-16-17(23)21(29-10-8-28(2)9-11-29)19(25)18(24)20(16)26-22(15)30(27-13)14-6-4-3-5-7-14/h3-7,12H,8-11H2,1-2H3/p+1. The Morgan fingerprint density at radius 3 is 2.33 bits per heavy atom. The third-order valence-corrected chi connectivity index (χ3v) is 5.83. The fourth-order valence-corrected chi connectivity index (χ4v) is 4.09. The number of halogens is 3. The van der Waals surface area contributed by atoms with Crippen molar-refractivity contribution < 1.29 is 18.1 Å². The number of nitrogens with one attached hydrogen (secondary N) is 1. The highest BCUT2D eigenvalue weighted by atomic mass is 19.2. The molecule has 2 aromatic heterocycles. The van der Waals surface area contributed by atoms with Crippen LogP contribution in [0.3, 0.4) is 0 Å². The molecule has 4 aromatic rings. The van der Waals surface area contributed by atoms with Crippen molar-refractivity contribution in [2.45, 2.75) is 6.92 Å². The molecule has 0 unspecified atom stereocenters. The van der Waals surface area contributed by atoms with Crippen LogP contribution in [0.1, 0.15) is 5.69 Å². The molecule has 0 atom stereocenters. The van der Waals surface area contributed by atoms with Gasteiger partial charge < -0.3 is 9.80 Å². The number of rotatable bonds is 2. The largest absolute Gasteiger partial charge is 0.355 e. The number of hydrogen-bond donors (Lipinski definition) is 1. The molecule has 8 heteroatoms. The first-order valence-electron chi connectivity index (χ1n) is 9.94. The topological polar surface area (TPSA) is 38.4 Å². The van der Waals surface area contributed by atoms with Gasteiger partial charge in [-0.15, -0.1) is 0 Å². The first kappa shape index (κ1) is 18.9. The van der Waals surface area contributed by atoms with Gasteiger partial charge in [0.15, 0.2) is 23.1 Å². The van der Waals surface area contributed by atoms with Gasteiger partial charge in [-0.25, -0.2) is 22.8 Å². The van der Waals surface area contributed by atoms with E-state index in [9.17, 15) is 4.39 Å². The maximum absolute atomic E-state index is 15.5. The Bertz CT molecular complexity index is 1260. The maximum Gasteiger partial charge on any atom is 0.187 e. The lowest BCUT2D eigenvalue weighted by molar-refractivity contribution is -0.880. The van der Waals surface area contributed by atoms with E-state index in [2.05, 4.69) is 10.1 Å². The lowest BCUT2D eigenvalue weighted by atomic mass is 10.1. The molecule has 1 N–H and O–H groups in total. The molecule has 2 aromatic carbocycles. The third-order valence-electron chi connectivity index (χ3n) is 5.83. The zero-order valence-corrected chi connectivity index (χ0v) is 16.7. The zero-order chi connectivity index (χ0) is 21.0.